The Bertz CT molecular complexity index is 3090. The lowest BCUT2D eigenvalue weighted by Gasteiger charge is -2.33. The summed E-state index contributed by atoms with van der Waals surface area (Å²) in [6, 6.07) is 60.4. The molecule has 0 N–H and O–H groups in total. The second-order valence-electron chi connectivity index (χ2n) is 16.2. The van der Waals surface area contributed by atoms with Crippen LogP contribution >= 0.6 is 0 Å². The predicted molar refractivity (Wildman–Crippen MR) is 259 cm³/mol. The van der Waals surface area contributed by atoms with Gasteiger partial charge in [0.2, 0.25) is 0 Å². The number of aromatic nitrogens is 2. The van der Waals surface area contributed by atoms with Crippen molar-refractivity contribution in [2.24, 2.45) is 15.0 Å². The monoisotopic (exact) mass is 801 g/mol. The first-order valence-corrected chi connectivity index (χ1v) is 21.8. The third kappa shape index (κ3) is 7.63. The highest BCUT2D eigenvalue weighted by Gasteiger charge is 2.31. The van der Waals surface area contributed by atoms with Crippen LogP contribution in [-0.4, -0.2) is 33.9 Å². The van der Waals surface area contributed by atoms with Crippen LogP contribution in [0.5, 0.6) is 0 Å². The predicted octanol–water partition coefficient (Wildman–Crippen LogP) is 13.8. The maximum Gasteiger partial charge on any atom is 0.161 e. The maximum atomic E-state index is 5.26. The van der Waals surface area contributed by atoms with Crippen LogP contribution in [0.1, 0.15) is 61.8 Å². The molecule has 300 valence electrons. The lowest BCUT2D eigenvalue weighted by atomic mass is 9.70. The van der Waals surface area contributed by atoms with Gasteiger partial charge in [0, 0.05) is 27.7 Å². The molecule has 0 radical (unpaired) electrons. The van der Waals surface area contributed by atoms with Gasteiger partial charge >= 0.3 is 0 Å². The van der Waals surface area contributed by atoms with E-state index in [1.807, 2.05) is 6.07 Å². The average Bonchev–Trinajstić information content (AvgIpc) is 3.59. The summed E-state index contributed by atoms with van der Waals surface area (Å²) < 4.78 is 0. The van der Waals surface area contributed by atoms with E-state index in [2.05, 4.69) is 196 Å². The summed E-state index contributed by atoms with van der Waals surface area (Å²) in [5, 5.41) is 4.76. The van der Waals surface area contributed by atoms with Gasteiger partial charge in [0.1, 0.15) is 0 Å². The minimum atomic E-state index is -0.185. The maximum absolute atomic E-state index is 5.26. The summed E-state index contributed by atoms with van der Waals surface area (Å²) in [4.78, 5) is 25.8. The number of fused-ring (bicyclic) bond motifs is 2. The number of hydrogen-bond donors (Lipinski definition) is 0. The lowest BCUT2D eigenvalue weighted by molar-refractivity contribution is 0.478. The molecule has 0 atom stereocenters. The smallest absolute Gasteiger partial charge is 0.161 e. The topological polar surface area (TPSA) is 62.9 Å². The first-order chi connectivity index (χ1) is 30.6. The summed E-state index contributed by atoms with van der Waals surface area (Å²) in [6.07, 6.45) is 10.3. The first kappa shape index (κ1) is 38.8. The number of hydrogen-bond acceptors (Lipinski definition) is 5. The van der Waals surface area contributed by atoms with Gasteiger partial charge in [-0.25, -0.2) is 20.0 Å². The van der Waals surface area contributed by atoms with E-state index in [4.69, 9.17) is 24.9 Å². The van der Waals surface area contributed by atoms with Crippen LogP contribution in [-0.2, 0) is 5.41 Å². The molecule has 0 saturated heterocycles. The van der Waals surface area contributed by atoms with Crippen LogP contribution in [0.3, 0.4) is 0 Å². The van der Waals surface area contributed by atoms with Crippen LogP contribution in [0.15, 0.2) is 209 Å². The molecule has 2 aliphatic rings. The highest BCUT2D eigenvalue weighted by Crippen LogP contribution is 2.40. The lowest BCUT2D eigenvalue weighted by Crippen LogP contribution is -2.26. The number of aliphatic imine (C=N–C) groups is 3. The SMILES string of the molecule is CCC(CC)(c1ccc(C2=NC(c3ccc4ccccc4c3)=NC(C3=CC=CCC3)=NC2)cc1)c1ccc(-c2nc(-c3ccccc3)cc(-c3ccc4ccccc4c3)n2)cc1. The van der Waals surface area contributed by atoms with Crippen molar-refractivity contribution in [3.8, 4) is 33.9 Å². The molecule has 1 aliphatic heterocycles. The number of amidine groups is 2. The number of allylic oxidation sites excluding steroid dienone is 3. The molecule has 0 amide bonds. The number of nitrogens with zero attached hydrogens (tertiary/aromatic N) is 5. The van der Waals surface area contributed by atoms with Gasteiger partial charge in [0.15, 0.2) is 17.5 Å². The van der Waals surface area contributed by atoms with E-state index in [1.165, 1.54) is 32.7 Å². The van der Waals surface area contributed by atoms with Crippen LogP contribution in [0.4, 0.5) is 0 Å². The molecule has 1 aliphatic carbocycles. The molecule has 0 unspecified atom stereocenters. The van der Waals surface area contributed by atoms with Crippen molar-refractivity contribution in [3.63, 3.8) is 0 Å². The van der Waals surface area contributed by atoms with Crippen molar-refractivity contribution in [2.75, 3.05) is 6.54 Å². The third-order valence-corrected chi connectivity index (χ3v) is 12.7. The molecule has 10 rings (SSSR count). The zero-order valence-electron chi connectivity index (χ0n) is 35.2. The van der Waals surface area contributed by atoms with Crippen molar-refractivity contribution in [1.82, 2.24) is 9.97 Å². The first-order valence-electron chi connectivity index (χ1n) is 21.8. The van der Waals surface area contributed by atoms with Crippen molar-refractivity contribution in [3.05, 3.63) is 216 Å². The minimum Gasteiger partial charge on any atom is -0.260 e. The second-order valence-corrected chi connectivity index (χ2v) is 16.2. The third-order valence-electron chi connectivity index (χ3n) is 12.7. The fraction of sp³-hybridized carbons (Fsp3) is 0.140. The molecule has 8 aromatic rings. The van der Waals surface area contributed by atoms with E-state index in [0.717, 1.165) is 82.0 Å². The molecular formula is C57H47N5. The second kappa shape index (κ2) is 16.9. The molecule has 1 aromatic heterocycles. The molecule has 0 bridgehead atoms. The van der Waals surface area contributed by atoms with Crippen LogP contribution in [0, 0.1) is 0 Å². The molecule has 2 heterocycles. The van der Waals surface area contributed by atoms with Gasteiger partial charge < -0.3 is 0 Å². The Kier molecular flexibility index (Phi) is 10.6. The molecule has 7 aromatic carbocycles. The Balaban J connectivity index is 0.977. The van der Waals surface area contributed by atoms with E-state index in [1.54, 1.807) is 0 Å². The van der Waals surface area contributed by atoms with E-state index in [0.29, 0.717) is 18.2 Å². The van der Waals surface area contributed by atoms with Crippen LogP contribution < -0.4 is 0 Å². The van der Waals surface area contributed by atoms with Crippen molar-refractivity contribution in [1.29, 1.82) is 0 Å². The van der Waals surface area contributed by atoms with Gasteiger partial charge in [-0.3, -0.25) is 4.99 Å². The minimum absolute atomic E-state index is 0.185. The number of benzene rings is 7. The zero-order valence-corrected chi connectivity index (χ0v) is 35.2. The fourth-order valence-corrected chi connectivity index (χ4v) is 9.03. The van der Waals surface area contributed by atoms with Gasteiger partial charge in [-0.05, 0) is 87.7 Å². The Morgan fingerprint density at radius 1 is 0.484 bits per heavy atom. The Morgan fingerprint density at radius 2 is 1.05 bits per heavy atom. The Hall–Kier alpha value is -7.37. The Morgan fingerprint density at radius 3 is 1.68 bits per heavy atom. The van der Waals surface area contributed by atoms with Crippen molar-refractivity contribution >= 4 is 38.9 Å². The standard InChI is InChI=1S/C57H47N5/c1-3-57(4-2,50-33-29-44(30-34-50)55-59-51(41-17-7-5-8-18-41)37-52(60-55)47-25-23-39-15-11-13-21-45(39)35-47)49-31-27-42(28-32-49)53-38-58-54(43-19-9-6-10-20-43)62-56(61-53)48-26-24-40-16-12-14-22-46(40)36-48/h5-9,11-19,21-37H,3-4,10,20,38H2,1-2H3. The molecule has 0 fully saturated rings. The van der Waals surface area contributed by atoms with E-state index in [9.17, 15) is 0 Å². The van der Waals surface area contributed by atoms with E-state index >= 15 is 0 Å². The molecule has 5 heteroatoms. The average molecular weight is 802 g/mol. The summed E-state index contributed by atoms with van der Waals surface area (Å²) in [5.41, 5.74) is 11.4. The summed E-state index contributed by atoms with van der Waals surface area (Å²) in [5.74, 6) is 2.18. The van der Waals surface area contributed by atoms with Gasteiger partial charge in [-0.2, -0.15) is 0 Å². The van der Waals surface area contributed by atoms with Gasteiger partial charge in [-0.15, -0.1) is 0 Å². The largest absolute Gasteiger partial charge is 0.260 e. The van der Waals surface area contributed by atoms with Crippen molar-refractivity contribution < 1.29 is 0 Å². The Labute approximate surface area is 363 Å². The fourth-order valence-electron chi connectivity index (χ4n) is 9.03. The van der Waals surface area contributed by atoms with E-state index < -0.39 is 0 Å². The quantitative estimate of drug-likeness (QED) is 0.138. The summed E-state index contributed by atoms with van der Waals surface area (Å²) >= 11 is 0. The normalized spacial score (nSPS) is 14.2. The van der Waals surface area contributed by atoms with Crippen molar-refractivity contribution in [2.45, 2.75) is 44.9 Å². The van der Waals surface area contributed by atoms with Crippen LogP contribution in [0.25, 0.3) is 55.4 Å². The highest BCUT2D eigenvalue weighted by atomic mass is 15.0. The zero-order chi connectivity index (χ0) is 41.9. The molecule has 0 spiro atoms. The molecule has 0 saturated carbocycles. The van der Waals surface area contributed by atoms with Gasteiger partial charge in [0.05, 0.1) is 23.6 Å². The van der Waals surface area contributed by atoms with Crippen LogP contribution in [0.2, 0.25) is 0 Å². The van der Waals surface area contributed by atoms with Gasteiger partial charge in [-0.1, -0.05) is 184 Å². The summed E-state index contributed by atoms with van der Waals surface area (Å²) in [6.45, 7) is 5.04. The molecule has 5 nitrogen and oxygen atoms in total. The molecule has 62 heavy (non-hydrogen) atoms. The molecular weight excluding hydrogens is 755 g/mol. The number of rotatable bonds is 10. The summed E-state index contributed by atoms with van der Waals surface area (Å²) in [7, 11) is 0. The van der Waals surface area contributed by atoms with E-state index in [-0.39, 0.29) is 5.41 Å². The highest BCUT2D eigenvalue weighted by molar-refractivity contribution is 6.20. The van der Waals surface area contributed by atoms with Gasteiger partial charge in [0.25, 0.3) is 0 Å².